The van der Waals surface area contributed by atoms with E-state index in [2.05, 4.69) is 16.8 Å². The Hall–Kier alpha value is -0.830. The molecule has 1 aromatic heterocycles. The van der Waals surface area contributed by atoms with Crippen LogP contribution in [0.3, 0.4) is 0 Å². The van der Waals surface area contributed by atoms with Crippen molar-refractivity contribution < 1.29 is 0 Å². The highest BCUT2D eigenvalue weighted by molar-refractivity contribution is 5.22. The van der Waals surface area contributed by atoms with Gasteiger partial charge in [0.1, 0.15) is 5.82 Å². The van der Waals surface area contributed by atoms with E-state index in [1.807, 2.05) is 0 Å². The SMILES string of the molecule is Cc1nc2c(n1C(C1CC1)C1CC1)CCNC2. The van der Waals surface area contributed by atoms with Crippen LogP contribution in [0.25, 0.3) is 0 Å². The van der Waals surface area contributed by atoms with Crippen molar-refractivity contribution in [3.8, 4) is 0 Å². The van der Waals surface area contributed by atoms with E-state index in [-0.39, 0.29) is 0 Å². The molecule has 3 heteroatoms. The fourth-order valence-electron chi connectivity index (χ4n) is 3.55. The van der Waals surface area contributed by atoms with Gasteiger partial charge in [0.25, 0.3) is 0 Å². The Morgan fingerprint density at radius 2 is 1.94 bits per heavy atom. The van der Waals surface area contributed by atoms with Crippen LogP contribution in [0, 0.1) is 18.8 Å². The van der Waals surface area contributed by atoms with Gasteiger partial charge in [0.05, 0.1) is 5.69 Å². The van der Waals surface area contributed by atoms with Crippen LogP contribution in [0.15, 0.2) is 0 Å². The lowest BCUT2D eigenvalue weighted by Gasteiger charge is -2.24. The molecule has 0 spiro atoms. The molecule has 0 bridgehead atoms. The average Bonchev–Trinajstić information content (AvgIpc) is 3.21. The highest BCUT2D eigenvalue weighted by Crippen LogP contribution is 2.53. The molecule has 0 unspecified atom stereocenters. The number of hydrogen-bond donors (Lipinski definition) is 1. The molecule has 4 rings (SSSR count). The molecule has 2 saturated carbocycles. The van der Waals surface area contributed by atoms with E-state index in [9.17, 15) is 0 Å². The van der Waals surface area contributed by atoms with Gasteiger partial charge in [-0.2, -0.15) is 0 Å². The summed E-state index contributed by atoms with van der Waals surface area (Å²) in [6.45, 7) is 4.31. The molecule has 2 fully saturated rings. The first-order valence-corrected chi connectivity index (χ1v) is 7.12. The standard InChI is InChI=1S/C14H21N3/c1-9-16-12-8-15-7-6-13(12)17(9)14(10-2-3-10)11-4-5-11/h10-11,14-15H,2-8H2,1H3. The number of rotatable bonds is 3. The molecule has 2 heterocycles. The van der Waals surface area contributed by atoms with Crippen molar-refractivity contribution >= 4 is 0 Å². The third-order valence-electron chi connectivity index (χ3n) is 4.61. The van der Waals surface area contributed by atoms with Gasteiger partial charge in [0, 0.05) is 31.2 Å². The highest BCUT2D eigenvalue weighted by atomic mass is 15.2. The number of aryl methyl sites for hydroxylation is 1. The molecule has 2 aliphatic carbocycles. The monoisotopic (exact) mass is 231 g/mol. The summed E-state index contributed by atoms with van der Waals surface area (Å²) in [6, 6.07) is 0.796. The Morgan fingerprint density at radius 3 is 2.59 bits per heavy atom. The Kier molecular flexibility index (Phi) is 2.13. The maximum atomic E-state index is 4.79. The molecule has 17 heavy (non-hydrogen) atoms. The zero-order valence-corrected chi connectivity index (χ0v) is 10.6. The Labute approximate surface area is 103 Å². The van der Waals surface area contributed by atoms with E-state index in [1.165, 1.54) is 43.6 Å². The van der Waals surface area contributed by atoms with Crippen LogP contribution in [0.5, 0.6) is 0 Å². The van der Waals surface area contributed by atoms with Crippen molar-refractivity contribution in [1.82, 2.24) is 14.9 Å². The van der Waals surface area contributed by atoms with Crippen molar-refractivity contribution in [2.24, 2.45) is 11.8 Å². The third kappa shape index (κ3) is 1.63. The number of hydrogen-bond acceptors (Lipinski definition) is 2. The molecule has 3 aliphatic rings. The molecule has 3 nitrogen and oxygen atoms in total. The van der Waals surface area contributed by atoms with Crippen molar-refractivity contribution in [2.75, 3.05) is 6.54 Å². The smallest absolute Gasteiger partial charge is 0.106 e. The van der Waals surface area contributed by atoms with Gasteiger partial charge in [-0.25, -0.2) is 4.98 Å². The van der Waals surface area contributed by atoms with E-state index in [0.717, 1.165) is 31.0 Å². The van der Waals surface area contributed by atoms with E-state index in [1.54, 1.807) is 5.69 Å². The molecule has 1 aromatic rings. The predicted molar refractivity (Wildman–Crippen MR) is 66.9 cm³/mol. The van der Waals surface area contributed by atoms with Crippen LogP contribution in [0.4, 0.5) is 0 Å². The number of imidazole rings is 1. The number of nitrogens with zero attached hydrogens (tertiary/aromatic N) is 2. The van der Waals surface area contributed by atoms with E-state index in [0.29, 0.717) is 0 Å². The summed E-state index contributed by atoms with van der Waals surface area (Å²) < 4.78 is 2.63. The maximum Gasteiger partial charge on any atom is 0.106 e. The van der Waals surface area contributed by atoms with Crippen molar-refractivity contribution in [3.63, 3.8) is 0 Å². The molecule has 1 N–H and O–H groups in total. The largest absolute Gasteiger partial charge is 0.328 e. The molecule has 0 aromatic carbocycles. The summed E-state index contributed by atoms with van der Waals surface area (Å²) in [6.07, 6.45) is 6.97. The lowest BCUT2D eigenvalue weighted by Crippen LogP contribution is -2.27. The number of fused-ring (bicyclic) bond motifs is 1. The number of aromatic nitrogens is 2. The van der Waals surface area contributed by atoms with Crippen LogP contribution in [0.1, 0.15) is 48.9 Å². The molecule has 0 amide bonds. The van der Waals surface area contributed by atoms with Gasteiger partial charge in [-0.05, 0) is 44.4 Å². The average molecular weight is 231 g/mol. The first-order chi connectivity index (χ1) is 8.34. The van der Waals surface area contributed by atoms with Gasteiger partial charge in [0.15, 0.2) is 0 Å². The van der Waals surface area contributed by atoms with Gasteiger partial charge in [-0.3, -0.25) is 0 Å². The lowest BCUT2D eigenvalue weighted by molar-refractivity contribution is 0.374. The first kappa shape index (κ1) is 10.1. The van der Waals surface area contributed by atoms with Crippen LogP contribution in [-0.2, 0) is 13.0 Å². The quantitative estimate of drug-likeness (QED) is 0.864. The van der Waals surface area contributed by atoms with Crippen molar-refractivity contribution in [2.45, 2.75) is 51.6 Å². The minimum atomic E-state index is 0.796. The maximum absolute atomic E-state index is 4.79. The molecule has 1 aliphatic heterocycles. The summed E-state index contributed by atoms with van der Waals surface area (Å²) in [5.74, 6) is 3.20. The molecular weight excluding hydrogens is 210 g/mol. The lowest BCUT2D eigenvalue weighted by atomic mass is 10.1. The fraction of sp³-hybridized carbons (Fsp3) is 0.786. The van der Waals surface area contributed by atoms with Gasteiger partial charge in [-0.15, -0.1) is 0 Å². The number of nitrogens with one attached hydrogen (secondary N) is 1. The zero-order valence-electron chi connectivity index (χ0n) is 10.6. The van der Waals surface area contributed by atoms with Crippen LogP contribution in [0.2, 0.25) is 0 Å². The minimum absolute atomic E-state index is 0.796. The van der Waals surface area contributed by atoms with Gasteiger partial charge >= 0.3 is 0 Å². The van der Waals surface area contributed by atoms with Crippen LogP contribution < -0.4 is 5.32 Å². The van der Waals surface area contributed by atoms with Crippen LogP contribution >= 0.6 is 0 Å². The second-order valence-corrected chi connectivity index (χ2v) is 6.01. The molecule has 92 valence electrons. The Bertz CT molecular complexity index is 429. The van der Waals surface area contributed by atoms with E-state index in [4.69, 9.17) is 4.98 Å². The van der Waals surface area contributed by atoms with Crippen LogP contribution in [-0.4, -0.2) is 16.1 Å². The van der Waals surface area contributed by atoms with Crippen molar-refractivity contribution in [1.29, 1.82) is 0 Å². The first-order valence-electron chi connectivity index (χ1n) is 7.12. The topological polar surface area (TPSA) is 29.9 Å². The van der Waals surface area contributed by atoms with E-state index >= 15 is 0 Å². The minimum Gasteiger partial charge on any atom is -0.328 e. The summed E-state index contributed by atoms with van der Waals surface area (Å²) >= 11 is 0. The zero-order chi connectivity index (χ0) is 11.4. The second kappa shape index (κ2) is 3.58. The molecular formula is C14H21N3. The summed E-state index contributed by atoms with van der Waals surface area (Å²) in [4.78, 5) is 4.79. The van der Waals surface area contributed by atoms with Gasteiger partial charge in [0.2, 0.25) is 0 Å². The Balaban J connectivity index is 1.77. The molecule has 0 saturated heterocycles. The molecule has 0 radical (unpaired) electrons. The fourth-order valence-corrected chi connectivity index (χ4v) is 3.55. The van der Waals surface area contributed by atoms with Crippen molar-refractivity contribution in [3.05, 3.63) is 17.2 Å². The van der Waals surface area contributed by atoms with Gasteiger partial charge in [-0.1, -0.05) is 0 Å². The highest BCUT2D eigenvalue weighted by Gasteiger charge is 2.44. The summed E-state index contributed by atoms with van der Waals surface area (Å²) in [5, 5.41) is 3.43. The molecule has 0 atom stereocenters. The van der Waals surface area contributed by atoms with E-state index < -0.39 is 0 Å². The Morgan fingerprint density at radius 1 is 1.24 bits per heavy atom. The third-order valence-corrected chi connectivity index (χ3v) is 4.61. The normalized spacial score (nSPS) is 24.1. The summed E-state index contributed by atoms with van der Waals surface area (Å²) in [5.41, 5.74) is 2.87. The predicted octanol–water partition coefficient (Wildman–Crippen LogP) is 2.20. The second-order valence-electron chi connectivity index (χ2n) is 6.01. The van der Waals surface area contributed by atoms with Gasteiger partial charge < -0.3 is 9.88 Å². The summed E-state index contributed by atoms with van der Waals surface area (Å²) in [7, 11) is 0.